The van der Waals surface area contributed by atoms with Gasteiger partial charge in [0.2, 0.25) is 10.0 Å². The van der Waals surface area contributed by atoms with Gasteiger partial charge >= 0.3 is 0 Å². The van der Waals surface area contributed by atoms with Crippen LogP contribution in [-0.2, 0) is 14.8 Å². The molecule has 6 heteroatoms. The summed E-state index contributed by atoms with van der Waals surface area (Å²) < 4.78 is 27.3. The van der Waals surface area contributed by atoms with Crippen LogP contribution >= 0.6 is 11.3 Å². The molecule has 0 radical (unpaired) electrons. The molecular formula is C19H21NO3S2. The zero-order valence-corrected chi connectivity index (χ0v) is 15.9. The van der Waals surface area contributed by atoms with Gasteiger partial charge in [-0.2, -0.15) is 15.6 Å². The number of nitrogens with zero attached hydrogens (tertiary/aromatic N) is 1. The second kappa shape index (κ2) is 7.23. The summed E-state index contributed by atoms with van der Waals surface area (Å²) in [5.74, 6) is -0.319. The van der Waals surface area contributed by atoms with Gasteiger partial charge in [-0.1, -0.05) is 24.6 Å². The Morgan fingerprint density at radius 1 is 1.20 bits per heavy atom. The number of carbonyl (C=O) groups excluding carboxylic acids is 1. The van der Waals surface area contributed by atoms with Gasteiger partial charge < -0.3 is 0 Å². The highest BCUT2D eigenvalue weighted by Crippen LogP contribution is 2.26. The van der Waals surface area contributed by atoms with Crippen LogP contribution in [0.4, 0.5) is 0 Å². The number of aryl methyl sites for hydroxylation is 1. The zero-order chi connectivity index (χ0) is 18.0. The van der Waals surface area contributed by atoms with Crippen molar-refractivity contribution in [2.75, 3.05) is 13.1 Å². The predicted molar refractivity (Wildman–Crippen MR) is 101 cm³/mol. The predicted octanol–water partition coefficient (Wildman–Crippen LogP) is 3.74. The minimum atomic E-state index is -3.59. The van der Waals surface area contributed by atoms with Crippen molar-refractivity contribution in [3.63, 3.8) is 0 Å². The molecule has 1 saturated heterocycles. The molecule has 1 fully saturated rings. The van der Waals surface area contributed by atoms with Gasteiger partial charge in [0.05, 0.1) is 4.90 Å². The SMILES string of the molecule is Cc1ccc(S(=O)(=O)N2CC/C(=C\c3ccsc3)C(=O)[C@H](C)C2)cc1. The van der Waals surface area contributed by atoms with Gasteiger partial charge in [-0.25, -0.2) is 8.42 Å². The normalized spacial score (nSPS) is 21.4. The smallest absolute Gasteiger partial charge is 0.243 e. The van der Waals surface area contributed by atoms with Gasteiger partial charge in [0.1, 0.15) is 0 Å². The monoisotopic (exact) mass is 375 g/mol. The summed E-state index contributed by atoms with van der Waals surface area (Å²) in [4.78, 5) is 12.9. The molecule has 1 aromatic carbocycles. The largest absolute Gasteiger partial charge is 0.294 e. The lowest BCUT2D eigenvalue weighted by molar-refractivity contribution is -0.118. The molecule has 0 spiro atoms. The van der Waals surface area contributed by atoms with E-state index in [1.54, 1.807) is 42.5 Å². The van der Waals surface area contributed by atoms with E-state index in [1.165, 1.54) is 4.31 Å². The van der Waals surface area contributed by atoms with Gasteiger partial charge in [-0.05, 0) is 59.5 Å². The molecule has 0 N–H and O–H groups in total. The second-order valence-corrected chi connectivity index (χ2v) is 9.14. The molecule has 2 heterocycles. The van der Waals surface area contributed by atoms with Crippen LogP contribution < -0.4 is 0 Å². The summed E-state index contributed by atoms with van der Waals surface area (Å²) in [5.41, 5.74) is 2.71. The van der Waals surface area contributed by atoms with Crippen molar-refractivity contribution in [2.45, 2.75) is 25.2 Å². The number of ketones is 1. The van der Waals surface area contributed by atoms with E-state index >= 15 is 0 Å². The molecule has 1 aliphatic rings. The molecule has 1 aliphatic heterocycles. The van der Waals surface area contributed by atoms with Crippen molar-refractivity contribution in [3.05, 3.63) is 57.8 Å². The van der Waals surface area contributed by atoms with Gasteiger partial charge in [0, 0.05) is 19.0 Å². The highest BCUT2D eigenvalue weighted by molar-refractivity contribution is 7.89. The van der Waals surface area contributed by atoms with E-state index in [1.807, 2.05) is 29.8 Å². The molecule has 132 valence electrons. The van der Waals surface area contributed by atoms with Crippen LogP contribution in [-0.4, -0.2) is 31.6 Å². The molecular weight excluding hydrogens is 354 g/mol. The third-order valence-electron chi connectivity index (χ3n) is 4.41. The van der Waals surface area contributed by atoms with E-state index < -0.39 is 10.0 Å². The van der Waals surface area contributed by atoms with E-state index in [0.717, 1.165) is 11.1 Å². The minimum absolute atomic E-state index is 0.0350. The summed E-state index contributed by atoms with van der Waals surface area (Å²) >= 11 is 1.58. The Morgan fingerprint density at radius 2 is 1.92 bits per heavy atom. The first kappa shape index (κ1) is 18.0. The van der Waals surface area contributed by atoms with Gasteiger partial charge in [0.25, 0.3) is 0 Å². The average molecular weight is 376 g/mol. The van der Waals surface area contributed by atoms with E-state index in [-0.39, 0.29) is 23.1 Å². The topological polar surface area (TPSA) is 54.5 Å². The first-order chi connectivity index (χ1) is 11.9. The summed E-state index contributed by atoms with van der Waals surface area (Å²) in [7, 11) is -3.59. The van der Waals surface area contributed by atoms with Crippen molar-refractivity contribution in [1.29, 1.82) is 0 Å². The van der Waals surface area contributed by atoms with Crippen molar-refractivity contribution in [2.24, 2.45) is 5.92 Å². The Balaban J connectivity index is 1.88. The highest BCUT2D eigenvalue weighted by Gasteiger charge is 2.32. The van der Waals surface area contributed by atoms with Crippen LogP contribution in [0.1, 0.15) is 24.5 Å². The zero-order valence-electron chi connectivity index (χ0n) is 14.3. The Hall–Kier alpha value is -1.76. The molecule has 0 aliphatic carbocycles. The Labute approximate surface area is 152 Å². The molecule has 3 rings (SSSR count). The second-order valence-electron chi connectivity index (χ2n) is 6.42. The molecule has 0 saturated carbocycles. The molecule has 2 aromatic rings. The third-order valence-corrected chi connectivity index (χ3v) is 7.00. The number of hydrogen-bond donors (Lipinski definition) is 0. The van der Waals surface area contributed by atoms with E-state index in [4.69, 9.17) is 0 Å². The number of thiophene rings is 1. The quantitative estimate of drug-likeness (QED) is 0.768. The van der Waals surface area contributed by atoms with E-state index in [2.05, 4.69) is 0 Å². The van der Waals surface area contributed by atoms with Gasteiger partial charge in [0.15, 0.2) is 5.78 Å². The maximum atomic E-state index is 12.9. The average Bonchev–Trinajstić information content (AvgIpc) is 3.04. The Kier molecular flexibility index (Phi) is 5.22. The Morgan fingerprint density at radius 3 is 2.56 bits per heavy atom. The standard InChI is InChI=1S/C19H21NO3S2/c1-14-3-5-18(6-4-14)25(22,23)20-9-7-17(19(21)15(2)12-20)11-16-8-10-24-13-16/h3-6,8,10-11,13,15H,7,9,12H2,1-2H3/b17-11+/t15-/m1/s1. The number of hydrogen-bond acceptors (Lipinski definition) is 4. The number of benzene rings is 1. The molecule has 0 unspecified atom stereocenters. The summed E-state index contributed by atoms with van der Waals surface area (Å²) in [6, 6.07) is 8.80. The van der Waals surface area contributed by atoms with Crippen molar-refractivity contribution < 1.29 is 13.2 Å². The number of carbonyl (C=O) groups is 1. The lowest BCUT2D eigenvalue weighted by Gasteiger charge is -2.21. The van der Waals surface area contributed by atoms with Crippen molar-refractivity contribution in [3.8, 4) is 0 Å². The first-order valence-corrected chi connectivity index (χ1v) is 10.6. The first-order valence-electron chi connectivity index (χ1n) is 8.22. The maximum absolute atomic E-state index is 12.9. The van der Waals surface area contributed by atoms with Crippen LogP contribution in [0.15, 0.2) is 51.6 Å². The molecule has 0 bridgehead atoms. The summed E-state index contributed by atoms with van der Waals surface area (Å²) in [6.45, 7) is 4.26. The number of sulfonamides is 1. The van der Waals surface area contributed by atoms with Crippen LogP contribution in [0.5, 0.6) is 0 Å². The lowest BCUT2D eigenvalue weighted by Crippen LogP contribution is -2.35. The van der Waals surface area contributed by atoms with Crippen LogP contribution in [0.25, 0.3) is 6.08 Å². The fraction of sp³-hybridized carbons (Fsp3) is 0.316. The van der Waals surface area contributed by atoms with Crippen molar-refractivity contribution >= 4 is 33.2 Å². The molecule has 0 amide bonds. The molecule has 4 nitrogen and oxygen atoms in total. The molecule has 1 aromatic heterocycles. The van der Waals surface area contributed by atoms with Gasteiger partial charge in [-0.15, -0.1) is 0 Å². The molecule has 25 heavy (non-hydrogen) atoms. The van der Waals surface area contributed by atoms with Gasteiger partial charge in [-0.3, -0.25) is 4.79 Å². The summed E-state index contributed by atoms with van der Waals surface area (Å²) in [5, 5.41) is 3.95. The summed E-state index contributed by atoms with van der Waals surface area (Å²) in [6.07, 6.45) is 2.32. The number of rotatable bonds is 3. The fourth-order valence-electron chi connectivity index (χ4n) is 2.94. The lowest BCUT2D eigenvalue weighted by atomic mass is 9.97. The number of Topliss-reactive ketones (excluding diaryl/α,β-unsaturated/α-hetero) is 1. The van der Waals surface area contributed by atoms with E-state index in [9.17, 15) is 13.2 Å². The van der Waals surface area contributed by atoms with Crippen molar-refractivity contribution in [1.82, 2.24) is 4.31 Å². The van der Waals surface area contributed by atoms with E-state index in [0.29, 0.717) is 18.5 Å². The van der Waals surface area contributed by atoms with Crippen LogP contribution in [0.2, 0.25) is 0 Å². The molecule has 1 atom stereocenters. The Bertz CT molecular complexity index is 881. The minimum Gasteiger partial charge on any atom is -0.294 e. The highest BCUT2D eigenvalue weighted by atomic mass is 32.2. The van der Waals surface area contributed by atoms with Crippen LogP contribution in [0.3, 0.4) is 0 Å². The van der Waals surface area contributed by atoms with Crippen LogP contribution in [0, 0.1) is 12.8 Å². The third kappa shape index (κ3) is 3.92. The fourth-order valence-corrected chi connectivity index (χ4v) is 5.09. The maximum Gasteiger partial charge on any atom is 0.243 e.